The van der Waals surface area contributed by atoms with E-state index in [4.69, 9.17) is 4.74 Å². The maximum absolute atomic E-state index is 13.0. The average Bonchev–Trinajstić information content (AvgIpc) is 3.48. The molecule has 4 aliphatic rings. The number of aromatic nitrogens is 1. The SMILES string of the molecule is COC1CCC(N2CC3(CN(Sc4ccc(C(F)F)nc4C4CC4)C3)C2)CC1. The summed E-state index contributed by atoms with van der Waals surface area (Å²) in [6.45, 7) is 4.62. The Balaban J connectivity index is 1.13. The fraction of sp³-hybridized carbons (Fsp3) is 0.762. The van der Waals surface area contributed by atoms with Crippen LogP contribution in [0.1, 0.15) is 62.3 Å². The first-order valence-corrected chi connectivity index (χ1v) is 11.3. The zero-order valence-electron chi connectivity index (χ0n) is 16.4. The number of hydrogen-bond donors (Lipinski definition) is 0. The van der Waals surface area contributed by atoms with Crippen LogP contribution >= 0.6 is 11.9 Å². The molecule has 2 saturated carbocycles. The molecule has 2 aliphatic heterocycles. The van der Waals surface area contributed by atoms with E-state index in [0.29, 0.717) is 17.4 Å². The number of halogens is 2. The van der Waals surface area contributed by atoms with Crippen molar-refractivity contribution in [2.24, 2.45) is 5.41 Å². The minimum atomic E-state index is -2.48. The van der Waals surface area contributed by atoms with Gasteiger partial charge in [-0.15, -0.1) is 0 Å². The fourth-order valence-corrected chi connectivity index (χ4v) is 6.54. The van der Waals surface area contributed by atoms with Crippen molar-refractivity contribution in [3.05, 3.63) is 23.5 Å². The Morgan fingerprint density at radius 3 is 2.39 bits per heavy atom. The molecule has 5 rings (SSSR count). The van der Waals surface area contributed by atoms with E-state index >= 15 is 0 Å². The number of likely N-dealkylation sites (tertiary alicyclic amines) is 1. The minimum absolute atomic E-state index is 0.0795. The number of ether oxygens (including phenoxy) is 1. The fourth-order valence-electron chi connectivity index (χ4n) is 5.15. The summed E-state index contributed by atoms with van der Waals surface area (Å²) in [4.78, 5) is 8.04. The Morgan fingerprint density at radius 1 is 1.07 bits per heavy atom. The molecule has 1 aromatic rings. The second-order valence-electron chi connectivity index (χ2n) is 9.16. The molecule has 154 valence electrons. The van der Waals surface area contributed by atoms with E-state index < -0.39 is 6.43 Å². The second-order valence-corrected chi connectivity index (χ2v) is 10.3. The molecule has 1 spiro atoms. The van der Waals surface area contributed by atoms with Crippen LogP contribution in [0.4, 0.5) is 8.78 Å². The first-order valence-electron chi connectivity index (χ1n) is 10.5. The zero-order valence-corrected chi connectivity index (χ0v) is 17.3. The molecule has 0 radical (unpaired) electrons. The average molecular weight is 410 g/mol. The molecule has 2 saturated heterocycles. The van der Waals surface area contributed by atoms with Gasteiger partial charge in [0.2, 0.25) is 0 Å². The van der Waals surface area contributed by atoms with Crippen LogP contribution < -0.4 is 0 Å². The maximum atomic E-state index is 13.0. The van der Waals surface area contributed by atoms with Crippen LogP contribution in [0.5, 0.6) is 0 Å². The highest BCUT2D eigenvalue weighted by atomic mass is 32.2. The van der Waals surface area contributed by atoms with Crippen molar-refractivity contribution in [2.45, 2.75) is 67.9 Å². The van der Waals surface area contributed by atoms with Crippen molar-refractivity contribution < 1.29 is 13.5 Å². The Labute approximate surface area is 170 Å². The molecular formula is C21H29F2N3OS. The monoisotopic (exact) mass is 409 g/mol. The van der Waals surface area contributed by atoms with Gasteiger partial charge in [0.25, 0.3) is 6.43 Å². The molecule has 0 atom stereocenters. The predicted molar refractivity (Wildman–Crippen MR) is 106 cm³/mol. The van der Waals surface area contributed by atoms with E-state index in [-0.39, 0.29) is 5.69 Å². The third kappa shape index (κ3) is 3.71. The van der Waals surface area contributed by atoms with Crippen LogP contribution in [0.25, 0.3) is 0 Å². The van der Waals surface area contributed by atoms with E-state index in [1.54, 1.807) is 11.9 Å². The lowest BCUT2D eigenvalue weighted by molar-refractivity contribution is -0.108. The molecule has 28 heavy (non-hydrogen) atoms. The van der Waals surface area contributed by atoms with Gasteiger partial charge in [0.05, 0.1) is 11.8 Å². The van der Waals surface area contributed by atoms with Crippen molar-refractivity contribution in [3.63, 3.8) is 0 Å². The number of methoxy groups -OCH3 is 1. The molecular weight excluding hydrogens is 380 g/mol. The lowest BCUT2D eigenvalue weighted by Crippen LogP contribution is -2.72. The van der Waals surface area contributed by atoms with E-state index in [1.165, 1.54) is 44.8 Å². The quantitative estimate of drug-likeness (QED) is 0.646. The summed E-state index contributed by atoms with van der Waals surface area (Å²) in [6.07, 6.45) is 5.06. The zero-order chi connectivity index (χ0) is 19.3. The number of nitrogens with zero attached hydrogens (tertiary/aromatic N) is 3. The Morgan fingerprint density at radius 2 is 1.79 bits per heavy atom. The van der Waals surface area contributed by atoms with E-state index in [0.717, 1.165) is 42.6 Å². The van der Waals surface area contributed by atoms with Gasteiger partial charge in [0.15, 0.2) is 0 Å². The van der Waals surface area contributed by atoms with Crippen LogP contribution in [0.15, 0.2) is 17.0 Å². The number of alkyl halides is 2. The molecule has 0 unspecified atom stereocenters. The topological polar surface area (TPSA) is 28.6 Å². The highest BCUT2D eigenvalue weighted by Crippen LogP contribution is 2.49. The van der Waals surface area contributed by atoms with Crippen LogP contribution in [-0.2, 0) is 4.74 Å². The first kappa shape index (κ1) is 19.2. The number of rotatable bonds is 6. The summed E-state index contributed by atoms with van der Waals surface area (Å²) < 4.78 is 33.9. The molecule has 3 heterocycles. The van der Waals surface area contributed by atoms with Crippen molar-refractivity contribution in [3.8, 4) is 0 Å². The van der Waals surface area contributed by atoms with Gasteiger partial charge in [-0.2, -0.15) is 0 Å². The van der Waals surface area contributed by atoms with Crippen molar-refractivity contribution in [1.82, 2.24) is 14.2 Å². The largest absolute Gasteiger partial charge is 0.381 e. The highest BCUT2D eigenvalue weighted by molar-refractivity contribution is 7.97. The standard InChI is InChI=1S/C21H29F2N3OS/c1-27-16-6-4-15(5-7-16)25-10-21(11-25)12-26(13-21)28-18-9-8-17(20(22)23)24-19(18)14-2-3-14/h8-9,14-16,20H,2-7,10-13H2,1H3. The maximum Gasteiger partial charge on any atom is 0.280 e. The summed E-state index contributed by atoms with van der Waals surface area (Å²) in [7, 11) is 1.83. The van der Waals surface area contributed by atoms with Crippen molar-refractivity contribution >= 4 is 11.9 Å². The molecule has 0 bridgehead atoms. The smallest absolute Gasteiger partial charge is 0.280 e. The summed E-state index contributed by atoms with van der Waals surface area (Å²) in [5.41, 5.74) is 1.28. The Kier molecular flexibility index (Phi) is 5.14. The van der Waals surface area contributed by atoms with Crippen LogP contribution in [0.2, 0.25) is 0 Å². The Hall–Kier alpha value is -0.760. The van der Waals surface area contributed by atoms with Gasteiger partial charge in [-0.25, -0.2) is 13.1 Å². The van der Waals surface area contributed by atoms with Crippen LogP contribution in [-0.4, -0.2) is 59.6 Å². The van der Waals surface area contributed by atoms with Crippen molar-refractivity contribution in [1.29, 1.82) is 0 Å². The molecule has 7 heteroatoms. The summed E-state index contributed by atoms with van der Waals surface area (Å²) in [6, 6.07) is 4.10. The molecule has 1 aromatic heterocycles. The van der Waals surface area contributed by atoms with Crippen LogP contribution in [0.3, 0.4) is 0 Å². The third-order valence-corrected chi connectivity index (χ3v) is 7.97. The number of pyridine rings is 1. The van der Waals surface area contributed by atoms with E-state index in [9.17, 15) is 8.78 Å². The summed E-state index contributed by atoms with van der Waals surface area (Å²) in [5, 5.41) is 0. The summed E-state index contributed by atoms with van der Waals surface area (Å²) >= 11 is 1.73. The third-order valence-electron chi connectivity index (χ3n) is 6.92. The van der Waals surface area contributed by atoms with Gasteiger partial charge < -0.3 is 4.74 Å². The molecule has 0 amide bonds. The minimum Gasteiger partial charge on any atom is -0.381 e. The van der Waals surface area contributed by atoms with Gasteiger partial charge in [0, 0.05) is 55.6 Å². The number of hydrogen-bond acceptors (Lipinski definition) is 5. The second kappa shape index (κ2) is 7.49. The Bertz CT molecular complexity index is 708. The van der Waals surface area contributed by atoms with Gasteiger partial charge >= 0.3 is 0 Å². The molecule has 0 aromatic carbocycles. The first-order chi connectivity index (χ1) is 13.5. The molecule has 0 N–H and O–H groups in total. The lowest BCUT2D eigenvalue weighted by atomic mass is 9.72. The van der Waals surface area contributed by atoms with Gasteiger partial charge in [-0.05, 0) is 62.6 Å². The lowest BCUT2D eigenvalue weighted by Gasteiger charge is -2.62. The van der Waals surface area contributed by atoms with E-state index in [2.05, 4.69) is 14.2 Å². The normalized spacial score (nSPS) is 30.4. The molecule has 4 nitrogen and oxygen atoms in total. The van der Waals surface area contributed by atoms with Crippen molar-refractivity contribution in [2.75, 3.05) is 33.3 Å². The predicted octanol–water partition coefficient (Wildman–Crippen LogP) is 4.48. The van der Waals surface area contributed by atoms with Gasteiger partial charge in [-0.1, -0.05) is 0 Å². The highest BCUT2D eigenvalue weighted by Gasteiger charge is 2.53. The molecule has 2 aliphatic carbocycles. The van der Waals surface area contributed by atoms with E-state index in [1.807, 2.05) is 13.2 Å². The van der Waals surface area contributed by atoms with Gasteiger partial charge in [-0.3, -0.25) is 9.88 Å². The van der Waals surface area contributed by atoms with Gasteiger partial charge in [0.1, 0.15) is 5.69 Å². The molecule has 4 fully saturated rings. The summed E-state index contributed by atoms with van der Waals surface area (Å²) in [5.74, 6) is 0.387. The van der Waals surface area contributed by atoms with Crippen LogP contribution in [0, 0.1) is 5.41 Å².